The molecule has 0 aromatic heterocycles. The van der Waals surface area contributed by atoms with E-state index in [4.69, 9.17) is 10.5 Å². The molecule has 0 radical (unpaired) electrons. The van der Waals surface area contributed by atoms with Crippen LogP contribution in [0.15, 0.2) is 35.3 Å². The highest BCUT2D eigenvalue weighted by molar-refractivity contribution is 5.77. The van der Waals surface area contributed by atoms with Gasteiger partial charge >= 0.3 is 0 Å². The first-order valence-electron chi connectivity index (χ1n) is 5.48. The van der Waals surface area contributed by atoms with Crippen molar-refractivity contribution in [1.82, 2.24) is 5.32 Å². The van der Waals surface area contributed by atoms with Gasteiger partial charge in [0.2, 0.25) is 0 Å². The molecular weight excluding hydrogens is 202 g/mol. The van der Waals surface area contributed by atoms with Crippen LogP contribution < -0.4 is 11.1 Å². The first kappa shape index (κ1) is 12.5. The fourth-order valence-corrected chi connectivity index (χ4v) is 1.21. The minimum atomic E-state index is 0.462. The van der Waals surface area contributed by atoms with E-state index >= 15 is 0 Å². The van der Waals surface area contributed by atoms with E-state index in [0.29, 0.717) is 25.7 Å². The Bertz CT molecular complexity index is 311. The van der Waals surface area contributed by atoms with Gasteiger partial charge in [0.1, 0.15) is 0 Å². The second kappa shape index (κ2) is 7.70. The molecule has 88 valence electrons. The van der Waals surface area contributed by atoms with Crippen molar-refractivity contribution in [3.05, 3.63) is 35.9 Å². The van der Waals surface area contributed by atoms with Crippen LogP contribution in [0.1, 0.15) is 12.5 Å². The van der Waals surface area contributed by atoms with Crippen LogP contribution in [-0.2, 0) is 11.3 Å². The molecule has 16 heavy (non-hydrogen) atoms. The van der Waals surface area contributed by atoms with Gasteiger partial charge in [-0.25, -0.2) is 4.99 Å². The highest BCUT2D eigenvalue weighted by Crippen LogP contribution is 1.99. The second-order valence-corrected chi connectivity index (χ2v) is 3.31. The van der Waals surface area contributed by atoms with Crippen molar-refractivity contribution in [1.29, 1.82) is 0 Å². The van der Waals surface area contributed by atoms with Crippen LogP contribution in [0.3, 0.4) is 0 Å². The van der Waals surface area contributed by atoms with E-state index in [0.717, 1.165) is 12.2 Å². The van der Waals surface area contributed by atoms with Gasteiger partial charge in [0.25, 0.3) is 0 Å². The molecule has 0 aliphatic heterocycles. The third-order valence-corrected chi connectivity index (χ3v) is 2.03. The molecule has 0 atom stereocenters. The lowest BCUT2D eigenvalue weighted by molar-refractivity contribution is 0.152. The van der Waals surface area contributed by atoms with Gasteiger partial charge in [0.05, 0.1) is 13.2 Å². The predicted octanol–water partition coefficient (Wildman–Crippen LogP) is 1.13. The van der Waals surface area contributed by atoms with Crippen molar-refractivity contribution in [2.45, 2.75) is 13.5 Å². The Morgan fingerprint density at radius 2 is 2.12 bits per heavy atom. The Morgan fingerprint density at radius 3 is 2.81 bits per heavy atom. The Kier molecular flexibility index (Phi) is 6.03. The average molecular weight is 221 g/mol. The Hall–Kier alpha value is -1.55. The first-order chi connectivity index (χ1) is 7.83. The number of nitrogens with two attached hydrogens (primary N) is 1. The molecule has 0 spiro atoms. The van der Waals surface area contributed by atoms with Gasteiger partial charge in [0.15, 0.2) is 5.96 Å². The highest BCUT2D eigenvalue weighted by atomic mass is 16.5. The van der Waals surface area contributed by atoms with Gasteiger partial charge in [-0.1, -0.05) is 30.3 Å². The van der Waals surface area contributed by atoms with Crippen LogP contribution in [0.25, 0.3) is 0 Å². The van der Waals surface area contributed by atoms with Crippen LogP contribution >= 0.6 is 0 Å². The van der Waals surface area contributed by atoms with Gasteiger partial charge in [-0.2, -0.15) is 0 Å². The monoisotopic (exact) mass is 221 g/mol. The van der Waals surface area contributed by atoms with Crippen LogP contribution in [0.2, 0.25) is 0 Å². The van der Waals surface area contributed by atoms with Gasteiger partial charge < -0.3 is 15.8 Å². The third-order valence-electron chi connectivity index (χ3n) is 2.03. The van der Waals surface area contributed by atoms with E-state index in [2.05, 4.69) is 10.3 Å². The summed E-state index contributed by atoms with van der Waals surface area (Å²) < 4.78 is 5.17. The normalized spacial score (nSPS) is 11.4. The summed E-state index contributed by atoms with van der Waals surface area (Å²) in [5.41, 5.74) is 6.84. The van der Waals surface area contributed by atoms with Crippen LogP contribution in [0, 0.1) is 0 Å². The number of aliphatic imine (C=N–C) groups is 1. The zero-order valence-corrected chi connectivity index (χ0v) is 9.65. The summed E-state index contributed by atoms with van der Waals surface area (Å²) in [4.78, 5) is 4.22. The molecule has 1 aromatic carbocycles. The molecule has 0 heterocycles. The maximum absolute atomic E-state index is 5.69. The fourth-order valence-electron chi connectivity index (χ4n) is 1.21. The lowest BCUT2D eigenvalue weighted by Crippen LogP contribution is -2.34. The lowest BCUT2D eigenvalue weighted by atomic mass is 10.2. The number of nitrogens with one attached hydrogen (secondary N) is 1. The van der Waals surface area contributed by atoms with Crippen LogP contribution in [-0.4, -0.2) is 25.7 Å². The van der Waals surface area contributed by atoms with Gasteiger partial charge in [-0.3, -0.25) is 0 Å². The van der Waals surface area contributed by atoms with Crippen molar-refractivity contribution < 1.29 is 4.74 Å². The van der Waals surface area contributed by atoms with Gasteiger partial charge in [0, 0.05) is 13.2 Å². The molecule has 1 aromatic rings. The maximum Gasteiger partial charge on any atom is 0.188 e. The Labute approximate surface area is 96.5 Å². The Balaban J connectivity index is 2.23. The van der Waals surface area contributed by atoms with E-state index in [1.807, 2.05) is 37.3 Å². The average Bonchev–Trinajstić information content (AvgIpc) is 2.33. The van der Waals surface area contributed by atoms with E-state index in [-0.39, 0.29) is 0 Å². The van der Waals surface area contributed by atoms with Gasteiger partial charge in [-0.05, 0) is 12.5 Å². The van der Waals surface area contributed by atoms with E-state index < -0.39 is 0 Å². The molecule has 3 N–H and O–H groups in total. The second-order valence-electron chi connectivity index (χ2n) is 3.31. The third kappa shape index (κ3) is 5.36. The van der Waals surface area contributed by atoms with Crippen molar-refractivity contribution in [2.75, 3.05) is 19.8 Å². The molecule has 1 rings (SSSR count). The molecule has 0 saturated heterocycles. The molecule has 0 fully saturated rings. The zero-order valence-electron chi connectivity index (χ0n) is 9.65. The number of nitrogens with zero attached hydrogens (tertiary/aromatic N) is 1. The van der Waals surface area contributed by atoms with Crippen molar-refractivity contribution in [2.24, 2.45) is 10.7 Å². The van der Waals surface area contributed by atoms with Crippen LogP contribution in [0.5, 0.6) is 0 Å². The molecule has 0 saturated carbocycles. The number of ether oxygens (including phenoxy) is 1. The van der Waals surface area contributed by atoms with E-state index in [1.54, 1.807) is 0 Å². The Morgan fingerprint density at radius 1 is 1.38 bits per heavy atom. The maximum atomic E-state index is 5.69. The van der Waals surface area contributed by atoms with Gasteiger partial charge in [-0.15, -0.1) is 0 Å². The number of hydrogen-bond acceptors (Lipinski definition) is 2. The largest absolute Gasteiger partial charge is 0.380 e. The summed E-state index contributed by atoms with van der Waals surface area (Å²) in [6.07, 6.45) is 0. The summed E-state index contributed by atoms with van der Waals surface area (Å²) in [6.45, 7) is 4.64. The number of hydrogen-bond donors (Lipinski definition) is 2. The van der Waals surface area contributed by atoms with Crippen molar-refractivity contribution in [3.63, 3.8) is 0 Å². The van der Waals surface area contributed by atoms with Crippen LogP contribution in [0.4, 0.5) is 0 Å². The SMILES string of the molecule is CCOCCNC(N)=NCc1ccccc1. The molecule has 0 aliphatic carbocycles. The zero-order chi connectivity index (χ0) is 11.6. The van der Waals surface area contributed by atoms with E-state index in [1.165, 1.54) is 0 Å². The summed E-state index contributed by atoms with van der Waals surface area (Å²) >= 11 is 0. The fraction of sp³-hybridized carbons (Fsp3) is 0.417. The summed E-state index contributed by atoms with van der Waals surface area (Å²) in [6, 6.07) is 10.0. The number of rotatable bonds is 6. The van der Waals surface area contributed by atoms with Crippen molar-refractivity contribution in [3.8, 4) is 0 Å². The minimum Gasteiger partial charge on any atom is -0.380 e. The molecule has 0 unspecified atom stereocenters. The molecular formula is C12H19N3O. The van der Waals surface area contributed by atoms with Crippen molar-refractivity contribution >= 4 is 5.96 Å². The molecule has 0 aliphatic rings. The number of guanidine groups is 1. The molecule has 4 heteroatoms. The molecule has 0 amide bonds. The van der Waals surface area contributed by atoms with E-state index in [9.17, 15) is 0 Å². The predicted molar refractivity (Wildman–Crippen MR) is 66.3 cm³/mol. The highest BCUT2D eigenvalue weighted by Gasteiger charge is 1.92. The quantitative estimate of drug-likeness (QED) is 0.430. The summed E-state index contributed by atoms with van der Waals surface area (Å²) in [7, 11) is 0. The first-order valence-corrected chi connectivity index (χ1v) is 5.48. The minimum absolute atomic E-state index is 0.462. The lowest BCUT2D eigenvalue weighted by Gasteiger charge is -2.05. The topological polar surface area (TPSA) is 59.6 Å². The molecule has 0 bridgehead atoms. The number of benzene rings is 1. The standard InChI is InChI=1S/C12H19N3O/c1-2-16-9-8-14-12(13)15-10-11-6-4-3-5-7-11/h3-7H,2,8-10H2,1H3,(H3,13,14,15). The summed E-state index contributed by atoms with van der Waals surface area (Å²) in [5.74, 6) is 0.462. The smallest absolute Gasteiger partial charge is 0.188 e. The molecule has 4 nitrogen and oxygen atoms in total. The summed E-state index contributed by atoms with van der Waals surface area (Å²) in [5, 5.41) is 2.99.